The molecule has 1 atom stereocenters. The van der Waals surface area contributed by atoms with E-state index in [9.17, 15) is 4.79 Å². The van der Waals surface area contributed by atoms with Crippen LogP contribution in [0.25, 0.3) is 27.9 Å². The molecule has 0 amide bonds. The number of fused-ring (bicyclic) bond motifs is 2. The number of aromatic nitrogens is 3. The fourth-order valence-corrected chi connectivity index (χ4v) is 3.30. The van der Waals surface area contributed by atoms with Gasteiger partial charge in [-0.25, -0.2) is 14.8 Å². The van der Waals surface area contributed by atoms with Crippen molar-refractivity contribution in [2.45, 2.75) is 26.4 Å². The first-order valence-electron chi connectivity index (χ1n) is 9.03. The van der Waals surface area contributed by atoms with Crippen LogP contribution in [0.5, 0.6) is 0 Å². The zero-order valence-corrected chi connectivity index (χ0v) is 17.1. The van der Waals surface area contributed by atoms with Gasteiger partial charge in [0, 0.05) is 10.2 Å². The first kappa shape index (κ1) is 18.4. The molecule has 0 fully saturated rings. The summed E-state index contributed by atoms with van der Waals surface area (Å²) >= 11 is 3.44. The van der Waals surface area contributed by atoms with Gasteiger partial charge in [-0.3, -0.25) is 4.57 Å². The van der Waals surface area contributed by atoms with E-state index < -0.39 is 5.97 Å². The third-order valence-electron chi connectivity index (χ3n) is 4.67. The molecule has 0 spiro atoms. The average molecular weight is 439 g/mol. The molecule has 0 aliphatic carbocycles. The van der Waals surface area contributed by atoms with Crippen molar-refractivity contribution in [3.05, 3.63) is 58.6 Å². The van der Waals surface area contributed by atoms with Crippen molar-refractivity contribution in [2.24, 2.45) is 0 Å². The third-order valence-corrected chi connectivity index (χ3v) is 5.20. The zero-order chi connectivity index (χ0) is 19.8. The van der Waals surface area contributed by atoms with Gasteiger partial charge in [0.2, 0.25) is 0 Å². The molecule has 2 aromatic carbocycles. The highest BCUT2D eigenvalue weighted by Crippen LogP contribution is 2.32. The van der Waals surface area contributed by atoms with Gasteiger partial charge in [0.15, 0.2) is 5.65 Å². The molecule has 2 heterocycles. The number of carbonyl (C=O) groups excluding carboxylic acids is 1. The molecule has 0 saturated heterocycles. The number of nitrogens with two attached hydrogens (primary N) is 1. The number of anilines is 1. The number of para-hydroxylation sites is 2. The van der Waals surface area contributed by atoms with Gasteiger partial charge in [-0.2, -0.15) is 0 Å². The first-order valence-corrected chi connectivity index (χ1v) is 9.82. The Morgan fingerprint density at radius 2 is 1.79 bits per heavy atom. The minimum atomic E-state index is -0.489. The fourth-order valence-electron chi connectivity index (χ4n) is 3.04. The van der Waals surface area contributed by atoms with Crippen molar-refractivity contribution >= 4 is 49.9 Å². The second kappa shape index (κ2) is 7.24. The van der Waals surface area contributed by atoms with Gasteiger partial charge >= 0.3 is 5.97 Å². The van der Waals surface area contributed by atoms with Crippen LogP contribution in [0.2, 0.25) is 0 Å². The molecule has 0 aliphatic rings. The lowest BCUT2D eigenvalue weighted by Gasteiger charge is -2.11. The normalized spacial score (nSPS) is 12.4. The Labute approximate surface area is 170 Å². The van der Waals surface area contributed by atoms with Gasteiger partial charge in [0.1, 0.15) is 16.9 Å². The molecule has 142 valence electrons. The molecule has 2 aromatic heterocycles. The maximum absolute atomic E-state index is 12.9. The predicted octanol–water partition coefficient (Wildman–Crippen LogP) is 4.87. The van der Waals surface area contributed by atoms with Crippen LogP contribution in [-0.2, 0) is 4.74 Å². The van der Waals surface area contributed by atoms with Crippen molar-refractivity contribution in [3.63, 3.8) is 0 Å². The maximum atomic E-state index is 12.9. The summed E-state index contributed by atoms with van der Waals surface area (Å²) in [6.07, 6.45) is 0.498. The van der Waals surface area contributed by atoms with Crippen LogP contribution in [0.3, 0.4) is 0 Å². The maximum Gasteiger partial charge on any atom is 0.344 e. The van der Waals surface area contributed by atoms with Gasteiger partial charge in [-0.05, 0) is 49.7 Å². The summed E-state index contributed by atoms with van der Waals surface area (Å²) in [5, 5.41) is 0. The minimum absolute atomic E-state index is 0.216. The highest BCUT2D eigenvalue weighted by molar-refractivity contribution is 9.10. The Bertz CT molecular complexity index is 1180. The minimum Gasteiger partial charge on any atom is -0.459 e. The van der Waals surface area contributed by atoms with Crippen molar-refractivity contribution in [3.8, 4) is 5.69 Å². The number of hydrogen-bond donors (Lipinski definition) is 1. The molecule has 0 bridgehead atoms. The highest BCUT2D eigenvalue weighted by atomic mass is 79.9. The third kappa shape index (κ3) is 3.11. The molecular weight excluding hydrogens is 420 g/mol. The summed E-state index contributed by atoms with van der Waals surface area (Å²) in [4.78, 5) is 22.3. The number of rotatable bonds is 4. The summed E-state index contributed by atoms with van der Waals surface area (Å²) < 4.78 is 8.24. The Hall–Kier alpha value is -2.93. The van der Waals surface area contributed by atoms with Crippen molar-refractivity contribution in [1.82, 2.24) is 14.5 Å². The molecule has 0 aliphatic heterocycles. The van der Waals surface area contributed by atoms with E-state index in [4.69, 9.17) is 15.5 Å². The van der Waals surface area contributed by atoms with Crippen LogP contribution in [0.4, 0.5) is 5.82 Å². The van der Waals surface area contributed by atoms with E-state index in [2.05, 4.69) is 20.9 Å². The molecule has 1 unspecified atom stereocenters. The van der Waals surface area contributed by atoms with Crippen molar-refractivity contribution in [2.75, 3.05) is 5.73 Å². The molecule has 2 N–H and O–H groups in total. The average Bonchev–Trinajstić information content (AvgIpc) is 2.97. The number of halogens is 1. The number of nitrogens with zero attached hydrogens (tertiary/aromatic N) is 3. The lowest BCUT2D eigenvalue weighted by molar-refractivity contribution is 0.0338. The molecule has 4 aromatic rings. The highest BCUT2D eigenvalue weighted by Gasteiger charge is 2.26. The van der Waals surface area contributed by atoms with E-state index >= 15 is 0 Å². The van der Waals surface area contributed by atoms with E-state index in [1.54, 1.807) is 4.57 Å². The topological polar surface area (TPSA) is 83.0 Å². The molecule has 0 saturated carbocycles. The van der Waals surface area contributed by atoms with Gasteiger partial charge in [-0.1, -0.05) is 35.0 Å². The number of nitrogen functional groups attached to an aromatic ring is 1. The quantitative estimate of drug-likeness (QED) is 0.459. The van der Waals surface area contributed by atoms with E-state index in [0.717, 1.165) is 15.7 Å². The molecule has 4 rings (SSSR count). The molecule has 7 heteroatoms. The second-order valence-corrected chi connectivity index (χ2v) is 7.50. The number of carbonyl (C=O) groups is 1. The summed E-state index contributed by atoms with van der Waals surface area (Å²) in [6, 6.07) is 15.2. The van der Waals surface area contributed by atoms with E-state index in [1.807, 2.05) is 62.4 Å². The molecule has 6 nitrogen and oxygen atoms in total. The van der Waals surface area contributed by atoms with Crippen LogP contribution in [0.15, 0.2) is 53.0 Å². The summed E-state index contributed by atoms with van der Waals surface area (Å²) in [5.41, 5.74) is 9.86. The Morgan fingerprint density at radius 1 is 1.14 bits per heavy atom. The molecule has 28 heavy (non-hydrogen) atoms. The van der Waals surface area contributed by atoms with Gasteiger partial charge in [0.25, 0.3) is 0 Å². The van der Waals surface area contributed by atoms with Crippen molar-refractivity contribution < 1.29 is 9.53 Å². The SMILES string of the molecule is CCC(C)OC(=O)c1c(N)n(-c2ccc(Br)cc2)c2nc3ccccc3nc12. The lowest BCUT2D eigenvalue weighted by atomic mass is 10.2. The van der Waals surface area contributed by atoms with Crippen LogP contribution in [-0.4, -0.2) is 26.6 Å². The summed E-state index contributed by atoms with van der Waals surface area (Å²) in [6.45, 7) is 3.81. The van der Waals surface area contributed by atoms with Crippen LogP contribution >= 0.6 is 15.9 Å². The van der Waals surface area contributed by atoms with Crippen LogP contribution in [0, 0.1) is 0 Å². The van der Waals surface area contributed by atoms with E-state index in [0.29, 0.717) is 23.1 Å². The number of hydrogen-bond acceptors (Lipinski definition) is 5. The summed E-state index contributed by atoms with van der Waals surface area (Å²) in [7, 11) is 0. The predicted molar refractivity (Wildman–Crippen MR) is 114 cm³/mol. The number of ether oxygens (including phenoxy) is 1. The smallest absolute Gasteiger partial charge is 0.344 e. The molecular formula is C21H19BrN4O2. The van der Waals surface area contributed by atoms with Crippen LogP contribution in [0.1, 0.15) is 30.6 Å². The Balaban J connectivity index is 2.02. The van der Waals surface area contributed by atoms with Gasteiger partial charge in [0.05, 0.1) is 17.1 Å². The summed E-state index contributed by atoms with van der Waals surface area (Å²) in [5.74, 6) is -0.224. The Morgan fingerprint density at radius 3 is 2.43 bits per heavy atom. The lowest BCUT2D eigenvalue weighted by Crippen LogP contribution is -2.15. The van der Waals surface area contributed by atoms with Gasteiger partial charge < -0.3 is 10.5 Å². The number of benzene rings is 2. The first-order chi connectivity index (χ1) is 13.5. The van der Waals surface area contributed by atoms with Gasteiger partial charge in [-0.15, -0.1) is 0 Å². The van der Waals surface area contributed by atoms with E-state index in [-0.39, 0.29) is 17.5 Å². The fraction of sp³-hybridized carbons (Fsp3) is 0.190. The Kier molecular flexibility index (Phi) is 4.77. The van der Waals surface area contributed by atoms with E-state index in [1.165, 1.54) is 0 Å². The largest absolute Gasteiger partial charge is 0.459 e. The zero-order valence-electron chi connectivity index (χ0n) is 15.5. The van der Waals surface area contributed by atoms with Crippen LogP contribution < -0.4 is 5.73 Å². The number of esters is 1. The molecule has 0 radical (unpaired) electrons. The van der Waals surface area contributed by atoms with Crippen molar-refractivity contribution in [1.29, 1.82) is 0 Å². The standard InChI is InChI=1S/C21H19BrN4O2/c1-3-12(2)28-21(27)17-18-20(25-16-7-5-4-6-15(16)24-18)26(19(17)23)14-10-8-13(22)9-11-14/h4-12H,3,23H2,1-2H3. The monoisotopic (exact) mass is 438 g/mol. The second-order valence-electron chi connectivity index (χ2n) is 6.58.